The third kappa shape index (κ3) is 5.15. The van der Waals surface area contributed by atoms with Crippen LogP contribution < -0.4 is 10.2 Å². The molecule has 4 rings (SSSR count). The van der Waals surface area contributed by atoms with Crippen molar-refractivity contribution in [2.75, 3.05) is 4.90 Å². The van der Waals surface area contributed by atoms with E-state index in [1.54, 1.807) is 12.1 Å². The summed E-state index contributed by atoms with van der Waals surface area (Å²) in [4.78, 5) is 35.9. The lowest BCUT2D eigenvalue weighted by molar-refractivity contribution is -0.132. The van der Waals surface area contributed by atoms with Gasteiger partial charge in [-0.2, -0.15) is 0 Å². The second kappa shape index (κ2) is 9.41. The van der Waals surface area contributed by atoms with Gasteiger partial charge in [0.25, 0.3) is 17.4 Å². The van der Waals surface area contributed by atoms with E-state index in [4.69, 9.17) is 11.6 Å². The number of nitrogens with one attached hydrogen (secondary N) is 1. The van der Waals surface area contributed by atoms with Gasteiger partial charge in [0.2, 0.25) is 5.92 Å². The van der Waals surface area contributed by atoms with Crippen molar-refractivity contribution in [1.29, 1.82) is 0 Å². The maximum atomic E-state index is 14.3. The Kier molecular flexibility index (Phi) is 6.83. The van der Waals surface area contributed by atoms with Crippen molar-refractivity contribution in [3.63, 3.8) is 0 Å². The largest absolute Gasteiger partial charge is 0.351 e. The number of alkyl halides is 4. The smallest absolute Gasteiger partial charge is 0.278 e. The third-order valence-electron chi connectivity index (χ3n) is 7.29. The van der Waals surface area contributed by atoms with Gasteiger partial charge >= 0.3 is 0 Å². The predicted molar refractivity (Wildman–Crippen MR) is 126 cm³/mol. The van der Waals surface area contributed by atoms with Crippen LogP contribution in [0.25, 0.3) is 0 Å². The van der Waals surface area contributed by atoms with E-state index in [1.807, 2.05) is 12.1 Å². The van der Waals surface area contributed by atoms with Gasteiger partial charge in [-0.15, -0.1) is 0 Å². The summed E-state index contributed by atoms with van der Waals surface area (Å²) in [5.74, 6) is -4.56. The molecule has 0 spiro atoms. The van der Waals surface area contributed by atoms with Crippen molar-refractivity contribution in [3.05, 3.63) is 54.1 Å². The Balaban J connectivity index is 1.74. The molecular weight excluding hydrogens is 481 g/mol. The molecule has 2 aliphatic carbocycles. The van der Waals surface area contributed by atoms with Crippen LogP contribution in [-0.2, 0) is 20.5 Å². The van der Waals surface area contributed by atoms with Gasteiger partial charge in [-0.1, -0.05) is 30.7 Å². The van der Waals surface area contributed by atoms with Crippen molar-refractivity contribution in [3.8, 4) is 0 Å². The Labute approximate surface area is 207 Å². The van der Waals surface area contributed by atoms with Crippen molar-refractivity contribution in [2.24, 2.45) is 0 Å². The van der Waals surface area contributed by atoms with Crippen molar-refractivity contribution >= 4 is 29.1 Å². The second-order valence-electron chi connectivity index (χ2n) is 9.88. The van der Waals surface area contributed by atoms with Gasteiger partial charge < -0.3 is 5.32 Å². The van der Waals surface area contributed by atoms with Gasteiger partial charge in [0.1, 0.15) is 6.33 Å². The fourth-order valence-electron chi connectivity index (χ4n) is 4.62. The normalized spacial score (nSPS) is 21.4. The molecule has 188 valence electrons. The lowest BCUT2D eigenvalue weighted by Gasteiger charge is -2.41. The van der Waals surface area contributed by atoms with Crippen LogP contribution in [0.4, 0.5) is 18.9 Å². The molecule has 2 amide bonds. The highest BCUT2D eigenvalue weighted by Crippen LogP contribution is 2.48. The maximum absolute atomic E-state index is 14.3. The van der Waals surface area contributed by atoms with E-state index in [9.17, 15) is 22.8 Å². The van der Waals surface area contributed by atoms with E-state index < -0.39 is 34.9 Å². The van der Waals surface area contributed by atoms with Gasteiger partial charge in [-0.25, -0.2) is 23.1 Å². The average molecular weight is 509 g/mol. The highest BCUT2D eigenvalue weighted by atomic mass is 35.5. The molecule has 2 fully saturated rings. The predicted octanol–water partition coefficient (Wildman–Crippen LogP) is 5.01. The number of carbonyl (C=O) groups is 2. The number of amides is 2. The van der Waals surface area contributed by atoms with Crippen LogP contribution >= 0.6 is 11.6 Å². The number of halogens is 4. The molecule has 2 aromatic rings. The number of hydrogen-bond donors (Lipinski definition) is 1. The van der Waals surface area contributed by atoms with E-state index in [-0.39, 0.29) is 42.3 Å². The van der Waals surface area contributed by atoms with E-state index in [1.165, 1.54) is 25.6 Å². The van der Waals surface area contributed by atoms with E-state index in [2.05, 4.69) is 22.2 Å². The Hall–Kier alpha value is -2.68. The summed E-state index contributed by atoms with van der Waals surface area (Å²) in [6.07, 6.45) is 5.57. The van der Waals surface area contributed by atoms with Crippen LogP contribution in [0.1, 0.15) is 63.5 Å². The molecule has 0 bridgehead atoms. The second-order valence-corrected chi connectivity index (χ2v) is 10.3. The lowest BCUT2D eigenvalue weighted by atomic mass is 9.87. The number of rotatable bonds is 7. The van der Waals surface area contributed by atoms with Gasteiger partial charge in [0.05, 0.1) is 0 Å². The first-order chi connectivity index (χ1) is 16.5. The van der Waals surface area contributed by atoms with E-state index in [0.717, 1.165) is 23.3 Å². The summed E-state index contributed by atoms with van der Waals surface area (Å²) in [5, 5.41) is 2.80. The maximum Gasteiger partial charge on any atom is 0.278 e. The summed E-state index contributed by atoms with van der Waals surface area (Å²) in [7, 11) is 0. The quantitative estimate of drug-likeness (QED) is 0.534. The average Bonchev–Trinajstić information content (AvgIpc) is 3.59. The molecule has 0 aliphatic heterocycles. The molecule has 1 aromatic carbocycles. The summed E-state index contributed by atoms with van der Waals surface area (Å²) in [6.45, 7) is 3.58. The SMILES string of the molecule is CC1(c2ccc(N(C(=O)[C@H](F)Cl)C(C)(C(=O)NC3CCC(F)(F)CC3)c3cncnc3)cc2)CC1. The molecule has 1 aromatic heterocycles. The third-order valence-corrected chi connectivity index (χ3v) is 7.48. The Morgan fingerprint density at radius 1 is 1.11 bits per heavy atom. The highest BCUT2D eigenvalue weighted by Gasteiger charge is 2.48. The van der Waals surface area contributed by atoms with Crippen LogP contribution in [0.2, 0.25) is 0 Å². The molecule has 1 unspecified atom stereocenters. The summed E-state index contributed by atoms with van der Waals surface area (Å²) >= 11 is 5.60. The molecule has 10 heteroatoms. The first-order valence-corrected chi connectivity index (χ1v) is 12.1. The van der Waals surface area contributed by atoms with Crippen molar-refractivity contribution in [2.45, 2.75) is 80.9 Å². The zero-order valence-electron chi connectivity index (χ0n) is 19.6. The molecule has 1 N–H and O–H groups in total. The standard InChI is InChI=1S/C25H28ClF3N4O2/c1-23(11-12-23)16-3-5-19(6-4-16)33(21(34)20(26)27)24(2,17-13-30-15-31-14-17)22(35)32-18-7-9-25(28,29)10-8-18/h3-6,13-15,18,20H,7-12H2,1-2H3,(H,32,35)/t20-,24?/m0/s1. The number of aromatic nitrogens is 2. The number of nitrogens with zero attached hydrogens (tertiary/aromatic N) is 3. The Bertz CT molecular complexity index is 1070. The van der Waals surface area contributed by atoms with E-state index >= 15 is 0 Å². The Morgan fingerprint density at radius 3 is 2.20 bits per heavy atom. The summed E-state index contributed by atoms with van der Waals surface area (Å²) in [6, 6.07) is 6.51. The fourth-order valence-corrected chi connectivity index (χ4v) is 4.71. The van der Waals surface area contributed by atoms with Crippen LogP contribution in [0.15, 0.2) is 43.0 Å². The zero-order valence-corrected chi connectivity index (χ0v) is 20.4. The number of carbonyl (C=O) groups excluding carboxylic acids is 2. The Morgan fingerprint density at radius 2 is 1.69 bits per heavy atom. The topological polar surface area (TPSA) is 75.2 Å². The first kappa shape index (κ1) is 25.4. The van der Waals surface area contributed by atoms with Gasteiger partial charge in [0.15, 0.2) is 5.54 Å². The van der Waals surface area contributed by atoms with E-state index in [0.29, 0.717) is 0 Å². The molecular formula is C25H28ClF3N4O2. The molecule has 2 atom stereocenters. The minimum atomic E-state index is -2.76. The number of anilines is 1. The number of hydrogen-bond acceptors (Lipinski definition) is 4. The molecule has 0 radical (unpaired) electrons. The van der Waals surface area contributed by atoms with Crippen LogP contribution in [0.3, 0.4) is 0 Å². The molecule has 2 saturated carbocycles. The van der Waals surface area contributed by atoms with Crippen LogP contribution in [0, 0.1) is 0 Å². The summed E-state index contributed by atoms with van der Waals surface area (Å²) < 4.78 is 41.6. The molecule has 6 nitrogen and oxygen atoms in total. The molecule has 2 aliphatic rings. The monoisotopic (exact) mass is 508 g/mol. The van der Waals surface area contributed by atoms with Gasteiger partial charge in [-0.3, -0.25) is 14.5 Å². The highest BCUT2D eigenvalue weighted by molar-refractivity contribution is 6.32. The first-order valence-electron chi connectivity index (χ1n) is 11.6. The summed E-state index contributed by atoms with van der Waals surface area (Å²) in [5.41, 5.74) is -2.58. The van der Waals surface area contributed by atoms with Crippen molar-refractivity contribution < 1.29 is 22.8 Å². The minimum absolute atomic E-state index is 0.0689. The zero-order chi connectivity index (χ0) is 25.4. The van der Waals surface area contributed by atoms with Crippen molar-refractivity contribution in [1.82, 2.24) is 15.3 Å². The van der Waals surface area contributed by atoms with Crippen LogP contribution in [0.5, 0.6) is 0 Å². The van der Waals surface area contributed by atoms with Gasteiger partial charge in [0, 0.05) is 42.5 Å². The van der Waals surface area contributed by atoms with Gasteiger partial charge in [-0.05, 0) is 55.7 Å². The van der Waals surface area contributed by atoms with Crippen LogP contribution in [-0.4, -0.2) is 39.4 Å². The molecule has 1 heterocycles. The molecule has 0 saturated heterocycles. The lowest BCUT2D eigenvalue weighted by Crippen LogP contribution is -2.60. The minimum Gasteiger partial charge on any atom is -0.351 e. The fraction of sp³-hybridized carbons (Fsp3) is 0.520. The molecule has 35 heavy (non-hydrogen) atoms. The number of benzene rings is 1.